The molecule has 0 bridgehead atoms. The molecule has 1 aromatic carbocycles. The summed E-state index contributed by atoms with van der Waals surface area (Å²) in [5.41, 5.74) is 1.04. The monoisotopic (exact) mass is 529 g/mol. The Labute approximate surface area is 216 Å². The van der Waals surface area contributed by atoms with E-state index in [1.54, 1.807) is 40.1 Å². The fourth-order valence-electron chi connectivity index (χ4n) is 4.30. The number of hydrogen-bond acceptors (Lipinski definition) is 5. The maximum Gasteiger partial charge on any atom is 0.274 e. The molecule has 7 nitrogen and oxygen atoms in total. The van der Waals surface area contributed by atoms with Gasteiger partial charge in [-0.1, -0.05) is 0 Å². The van der Waals surface area contributed by atoms with Gasteiger partial charge in [-0.3, -0.25) is 9.59 Å². The normalized spacial score (nSPS) is 11.8. The standard InChI is InChI=1S/C27H29F2N3O4S/c1-7-30-25(33)19-10-16-17(11-32(6)26(34)21(16)31-19)23-22(20(29)24(37-23)27(4,5)35)36-12-18-13(2)8-15(28)9-14(18)3/h8-11,31,35H,7,12H2,1-6H3,(H,30,33). The summed E-state index contributed by atoms with van der Waals surface area (Å²) in [6.07, 6.45) is 1.56. The van der Waals surface area contributed by atoms with E-state index in [9.17, 15) is 19.1 Å². The summed E-state index contributed by atoms with van der Waals surface area (Å²) in [6, 6.07) is 4.33. The van der Waals surface area contributed by atoms with Crippen LogP contribution in [-0.4, -0.2) is 27.1 Å². The van der Waals surface area contributed by atoms with Crippen molar-refractivity contribution in [2.45, 2.75) is 46.8 Å². The van der Waals surface area contributed by atoms with Crippen molar-refractivity contribution in [3.8, 4) is 16.2 Å². The largest absolute Gasteiger partial charge is 0.484 e. The molecule has 0 saturated heterocycles. The lowest BCUT2D eigenvalue weighted by molar-refractivity contribution is 0.0782. The molecule has 4 rings (SSSR count). The number of nitrogens with zero attached hydrogens (tertiary/aromatic N) is 1. The molecule has 0 saturated carbocycles. The summed E-state index contributed by atoms with van der Waals surface area (Å²) in [7, 11) is 1.56. The average Bonchev–Trinajstić information content (AvgIpc) is 3.38. The highest BCUT2D eigenvalue weighted by molar-refractivity contribution is 7.16. The molecule has 3 aromatic heterocycles. The Bertz CT molecular complexity index is 1550. The first-order valence-corrected chi connectivity index (χ1v) is 12.6. The summed E-state index contributed by atoms with van der Waals surface area (Å²) >= 11 is 1.01. The van der Waals surface area contributed by atoms with Crippen molar-refractivity contribution in [2.75, 3.05) is 6.54 Å². The predicted octanol–water partition coefficient (Wildman–Crippen LogP) is 5.05. The minimum Gasteiger partial charge on any atom is -0.484 e. The molecule has 0 fully saturated rings. The molecule has 0 unspecified atom stereocenters. The third-order valence-electron chi connectivity index (χ3n) is 6.18. The third kappa shape index (κ3) is 4.91. The van der Waals surface area contributed by atoms with Crippen LogP contribution in [0.2, 0.25) is 0 Å². The van der Waals surface area contributed by atoms with Crippen LogP contribution >= 0.6 is 11.3 Å². The number of H-pyrrole nitrogens is 1. The van der Waals surface area contributed by atoms with Gasteiger partial charge in [0.25, 0.3) is 11.5 Å². The number of thiophene rings is 1. The number of amides is 1. The zero-order valence-corrected chi connectivity index (χ0v) is 22.3. The third-order valence-corrected chi connectivity index (χ3v) is 7.67. The van der Waals surface area contributed by atoms with Crippen LogP contribution in [0.3, 0.4) is 0 Å². The number of halogens is 2. The van der Waals surface area contributed by atoms with E-state index in [0.29, 0.717) is 39.1 Å². The van der Waals surface area contributed by atoms with Crippen LogP contribution in [0.25, 0.3) is 21.3 Å². The zero-order valence-electron chi connectivity index (χ0n) is 21.5. The van der Waals surface area contributed by atoms with Crippen LogP contribution in [0, 0.1) is 25.5 Å². The van der Waals surface area contributed by atoms with Crippen LogP contribution < -0.4 is 15.6 Å². The van der Waals surface area contributed by atoms with E-state index in [1.807, 2.05) is 0 Å². The van der Waals surface area contributed by atoms with Crippen LogP contribution in [0.5, 0.6) is 5.75 Å². The fraction of sp³-hybridized carbons (Fsp3) is 0.333. The molecule has 0 atom stereocenters. The van der Waals surface area contributed by atoms with Gasteiger partial charge in [-0.25, -0.2) is 8.78 Å². The molecule has 10 heteroatoms. The number of benzene rings is 1. The summed E-state index contributed by atoms with van der Waals surface area (Å²) in [5.74, 6) is -1.55. The number of fused-ring (bicyclic) bond motifs is 1. The first kappa shape index (κ1) is 26.6. The van der Waals surface area contributed by atoms with Crippen LogP contribution in [0.4, 0.5) is 8.78 Å². The van der Waals surface area contributed by atoms with E-state index in [4.69, 9.17) is 4.74 Å². The van der Waals surface area contributed by atoms with E-state index < -0.39 is 11.4 Å². The van der Waals surface area contributed by atoms with Gasteiger partial charge in [0, 0.05) is 30.7 Å². The minimum atomic E-state index is -1.50. The van der Waals surface area contributed by atoms with Gasteiger partial charge in [-0.15, -0.1) is 11.3 Å². The highest BCUT2D eigenvalue weighted by atomic mass is 32.1. The fourth-order valence-corrected chi connectivity index (χ4v) is 5.45. The molecule has 0 radical (unpaired) electrons. The molecular weight excluding hydrogens is 500 g/mol. The van der Waals surface area contributed by atoms with Crippen molar-refractivity contribution in [1.29, 1.82) is 0 Å². The predicted molar refractivity (Wildman–Crippen MR) is 140 cm³/mol. The summed E-state index contributed by atoms with van der Waals surface area (Å²) < 4.78 is 36.9. The molecule has 0 aliphatic carbocycles. The quantitative estimate of drug-likeness (QED) is 0.312. The molecule has 1 amide bonds. The van der Waals surface area contributed by atoms with Crippen LogP contribution in [0.15, 0.2) is 29.2 Å². The lowest BCUT2D eigenvalue weighted by Crippen LogP contribution is -2.23. The Morgan fingerprint density at radius 3 is 2.46 bits per heavy atom. The van der Waals surface area contributed by atoms with Crippen molar-refractivity contribution in [3.63, 3.8) is 0 Å². The van der Waals surface area contributed by atoms with E-state index in [0.717, 1.165) is 11.3 Å². The molecule has 0 spiro atoms. The number of ether oxygens (including phenoxy) is 1. The van der Waals surface area contributed by atoms with Gasteiger partial charge < -0.3 is 24.7 Å². The number of nitrogens with one attached hydrogen (secondary N) is 2. The van der Waals surface area contributed by atoms with Crippen molar-refractivity contribution < 1.29 is 23.4 Å². The van der Waals surface area contributed by atoms with Crippen LogP contribution in [-0.2, 0) is 19.3 Å². The van der Waals surface area contributed by atoms with Gasteiger partial charge in [0.2, 0.25) is 0 Å². The molecule has 4 aromatic rings. The van der Waals surface area contributed by atoms with Gasteiger partial charge >= 0.3 is 0 Å². The first-order chi connectivity index (χ1) is 17.3. The number of aryl methyl sites for hydroxylation is 3. The second kappa shape index (κ2) is 9.75. The second-order valence-corrected chi connectivity index (χ2v) is 10.6. The molecule has 37 heavy (non-hydrogen) atoms. The van der Waals surface area contributed by atoms with Gasteiger partial charge in [-0.2, -0.15) is 0 Å². The summed E-state index contributed by atoms with van der Waals surface area (Å²) in [4.78, 5) is 28.6. The maximum absolute atomic E-state index is 15.8. The first-order valence-electron chi connectivity index (χ1n) is 11.8. The SMILES string of the molecule is CCNC(=O)c1cc2c(-c3sc(C(C)(C)O)c(F)c3OCc3c(C)cc(F)cc3C)cn(C)c(=O)c2[nH]1. The molecule has 0 aliphatic rings. The van der Waals surface area contributed by atoms with Gasteiger partial charge in [0.05, 0.1) is 15.4 Å². The average molecular weight is 530 g/mol. The minimum absolute atomic E-state index is 0.0316. The number of carbonyl (C=O) groups is 1. The Morgan fingerprint density at radius 1 is 1.22 bits per heavy atom. The van der Waals surface area contributed by atoms with Gasteiger partial charge in [0.1, 0.15) is 23.6 Å². The summed E-state index contributed by atoms with van der Waals surface area (Å²) in [5, 5.41) is 13.8. The number of carbonyl (C=O) groups excluding carboxylic acids is 1. The Kier molecular flexibility index (Phi) is 7.00. The number of pyridine rings is 1. The van der Waals surface area contributed by atoms with Gasteiger partial charge in [-0.05, 0) is 69.5 Å². The topological polar surface area (TPSA) is 96.3 Å². The lowest BCUT2D eigenvalue weighted by Gasteiger charge is -2.15. The van der Waals surface area contributed by atoms with Crippen molar-refractivity contribution in [3.05, 3.63) is 73.6 Å². The van der Waals surface area contributed by atoms with E-state index in [-0.39, 0.29) is 45.7 Å². The summed E-state index contributed by atoms with van der Waals surface area (Å²) in [6.45, 7) is 8.61. The smallest absolute Gasteiger partial charge is 0.274 e. The van der Waals surface area contributed by atoms with Gasteiger partial charge in [0.15, 0.2) is 11.6 Å². The Morgan fingerprint density at radius 2 is 1.86 bits per heavy atom. The zero-order chi connectivity index (χ0) is 27.2. The number of rotatable bonds is 7. The van der Waals surface area contributed by atoms with E-state index >= 15 is 4.39 Å². The Balaban J connectivity index is 1.92. The highest BCUT2D eigenvalue weighted by Gasteiger charge is 2.31. The number of hydrogen-bond donors (Lipinski definition) is 3. The van der Waals surface area contributed by atoms with Crippen molar-refractivity contribution >= 4 is 28.1 Å². The molecule has 3 N–H and O–H groups in total. The van der Waals surface area contributed by atoms with E-state index in [1.165, 1.54) is 30.5 Å². The van der Waals surface area contributed by atoms with Crippen molar-refractivity contribution in [1.82, 2.24) is 14.9 Å². The van der Waals surface area contributed by atoms with Crippen LogP contribution in [0.1, 0.15) is 52.8 Å². The molecular formula is C27H29F2N3O4S. The molecule has 3 heterocycles. The Hall–Kier alpha value is -3.50. The van der Waals surface area contributed by atoms with Crippen molar-refractivity contribution in [2.24, 2.45) is 7.05 Å². The van der Waals surface area contributed by atoms with E-state index in [2.05, 4.69) is 10.3 Å². The maximum atomic E-state index is 15.8. The molecule has 0 aliphatic heterocycles. The number of aliphatic hydroxyl groups is 1. The highest BCUT2D eigenvalue weighted by Crippen LogP contribution is 2.47. The number of aromatic nitrogens is 2. The molecule has 196 valence electrons. The lowest BCUT2D eigenvalue weighted by atomic mass is 10.0. The number of aromatic amines is 1. The second-order valence-electron chi connectivity index (χ2n) is 9.56.